The average Bonchev–Trinajstić information content (AvgIpc) is 3.30. The van der Waals surface area contributed by atoms with Crippen LogP contribution in [0.15, 0.2) is 102 Å². The lowest BCUT2D eigenvalue weighted by atomic mass is 9.44. The molecule has 3 fully saturated rings. The minimum atomic E-state index is -2.46. The quantitative estimate of drug-likeness (QED) is 0.0625. The molecule has 0 radical (unpaired) electrons. The first-order valence-electron chi connectivity index (χ1n) is 22.6. The van der Waals surface area contributed by atoms with Crippen molar-refractivity contribution in [1.82, 2.24) is 5.32 Å². The largest absolute Gasteiger partial charge is 0.481 e. The van der Waals surface area contributed by atoms with Gasteiger partial charge < -0.3 is 54.2 Å². The molecule has 69 heavy (non-hydrogen) atoms. The van der Waals surface area contributed by atoms with Crippen LogP contribution >= 0.6 is 0 Å². The van der Waals surface area contributed by atoms with Crippen molar-refractivity contribution < 1.29 is 82.4 Å². The number of nitrogens with one attached hydrogen (secondary N) is 1. The third-order valence-electron chi connectivity index (χ3n) is 14.4. The summed E-state index contributed by atoms with van der Waals surface area (Å²) in [6, 6.07) is 22.5. The zero-order valence-corrected chi connectivity index (χ0v) is 39.0. The second kappa shape index (κ2) is 19.6. The van der Waals surface area contributed by atoms with Crippen LogP contribution in [0, 0.1) is 16.7 Å². The first-order valence-corrected chi connectivity index (χ1v) is 22.6. The highest BCUT2D eigenvalue weighted by Gasteiger charge is 2.78. The van der Waals surface area contributed by atoms with Gasteiger partial charge in [0, 0.05) is 37.7 Å². The maximum Gasteiger partial charge on any atom is 0.338 e. The molecule has 18 nitrogen and oxygen atoms in total. The molecule has 3 aromatic carbocycles. The molecule has 1 heterocycles. The molecule has 3 aliphatic carbocycles. The van der Waals surface area contributed by atoms with Crippen molar-refractivity contribution in [2.24, 2.45) is 16.7 Å². The molecule has 7 rings (SSSR count). The number of hydrogen-bond acceptors (Lipinski definition) is 16. The summed E-state index contributed by atoms with van der Waals surface area (Å²) in [6.45, 7) is 7.82. The summed E-state index contributed by atoms with van der Waals surface area (Å²) < 4.78 is 36.7. The Bertz CT molecular complexity index is 2500. The van der Waals surface area contributed by atoms with E-state index in [1.54, 1.807) is 80.6 Å². The summed E-state index contributed by atoms with van der Waals surface area (Å²) in [6.07, 6.45) is -14.2. The number of carboxylic acids is 1. The van der Waals surface area contributed by atoms with Crippen molar-refractivity contribution >= 4 is 41.5 Å². The van der Waals surface area contributed by atoms with Gasteiger partial charge in [-0.25, -0.2) is 4.79 Å². The van der Waals surface area contributed by atoms with Gasteiger partial charge in [-0.1, -0.05) is 80.6 Å². The highest BCUT2D eigenvalue weighted by Crippen LogP contribution is 2.64. The van der Waals surface area contributed by atoms with Crippen molar-refractivity contribution in [3.05, 3.63) is 119 Å². The molecule has 1 saturated heterocycles. The molecule has 2 saturated carbocycles. The number of rotatable bonds is 15. The maximum absolute atomic E-state index is 15.7. The summed E-state index contributed by atoms with van der Waals surface area (Å²) in [5.41, 5.74) is -7.46. The van der Waals surface area contributed by atoms with Crippen LogP contribution < -0.4 is 5.32 Å². The Labute approximate surface area is 397 Å². The Morgan fingerprint density at radius 2 is 1.43 bits per heavy atom. The van der Waals surface area contributed by atoms with E-state index in [1.165, 1.54) is 38.1 Å². The number of esters is 4. The summed E-state index contributed by atoms with van der Waals surface area (Å²) in [4.78, 5) is 95.2. The lowest BCUT2D eigenvalue weighted by molar-refractivity contribution is -0.346. The highest BCUT2D eigenvalue weighted by atomic mass is 16.7. The molecule has 3 aromatic rings. The first kappa shape index (κ1) is 50.6. The van der Waals surface area contributed by atoms with Crippen LogP contribution in [-0.4, -0.2) is 123 Å². The number of amides is 1. The van der Waals surface area contributed by atoms with Crippen LogP contribution in [0.5, 0.6) is 0 Å². The second-order valence-electron chi connectivity index (χ2n) is 18.8. The number of hydrogen-bond donors (Lipinski definition) is 5. The van der Waals surface area contributed by atoms with Crippen LogP contribution in [0.4, 0.5) is 0 Å². The monoisotopic (exact) mass is 955 g/mol. The fraction of sp³-hybridized carbons (Fsp3) is 0.471. The van der Waals surface area contributed by atoms with Gasteiger partial charge in [0.15, 0.2) is 29.9 Å². The molecule has 0 spiro atoms. The van der Waals surface area contributed by atoms with E-state index in [1.807, 2.05) is 0 Å². The van der Waals surface area contributed by atoms with E-state index >= 15 is 4.79 Å². The van der Waals surface area contributed by atoms with Crippen LogP contribution in [-0.2, 0) is 52.4 Å². The van der Waals surface area contributed by atoms with E-state index in [0.717, 1.165) is 13.8 Å². The van der Waals surface area contributed by atoms with Gasteiger partial charge in [-0.05, 0) is 54.8 Å². The standard InChI is InChI=1S/C51H57NO17/c1-27-33(66-47(62)41(67-37(58)23-22-36(56)57)39(30-16-10-7-11-17-30)52-45(60)31-18-12-8-13-19-31)25-51(63)44(68-46(61)32-20-14-9-15-21-32)42-49(6,34(55)24-35-50(42,26-64-35)69-29(3)54)43(59)40(65-28(2)53)38(27)48(51,4)5/h7-21,33-35,39-42,44,47,55,62-63H,22-26H2,1-6H3,(H,52,60)(H,56,57)/t33-,34-,35+,39-,40+,41+,42?,44-,47-,49+,50-,51+/m0/s1. The zero-order valence-electron chi connectivity index (χ0n) is 39.0. The molecule has 0 aromatic heterocycles. The summed E-state index contributed by atoms with van der Waals surface area (Å²) in [5.74, 6) is -8.26. The number of carbonyl (C=O) groups excluding carboxylic acids is 6. The second-order valence-corrected chi connectivity index (χ2v) is 18.8. The van der Waals surface area contributed by atoms with Gasteiger partial charge in [0.2, 0.25) is 0 Å². The minimum Gasteiger partial charge on any atom is -0.481 e. The number of carboxylic acid groups (broad SMARTS) is 1. The molecular weight excluding hydrogens is 899 g/mol. The lowest BCUT2D eigenvalue weighted by Gasteiger charge is -2.67. The van der Waals surface area contributed by atoms with E-state index in [2.05, 4.69) is 5.32 Å². The highest BCUT2D eigenvalue weighted by molar-refractivity contribution is 5.96. The van der Waals surface area contributed by atoms with E-state index < -0.39 is 138 Å². The average molecular weight is 956 g/mol. The molecule has 12 atom stereocenters. The lowest BCUT2D eigenvalue weighted by Crippen LogP contribution is -2.82. The third kappa shape index (κ3) is 9.31. The smallest absolute Gasteiger partial charge is 0.338 e. The molecule has 5 N–H and O–H groups in total. The van der Waals surface area contributed by atoms with Crippen LogP contribution in [0.1, 0.15) is 99.5 Å². The van der Waals surface area contributed by atoms with Crippen molar-refractivity contribution in [2.75, 3.05) is 6.61 Å². The van der Waals surface area contributed by atoms with Gasteiger partial charge >= 0.3 is 29.8 Å². The van der Waals surface area contributed by atoms with Crippen molar-refractivity contribution in [2.45, 2.75) is 127 Å². The predicted octanol–water partition coefficient (Wildman–Crippen LogP) is 3.94. The summed E-state index contributed by atoms with van der Waals surface area (Å²) in [7, 11) is 0. The first-order chi connectivity index (χ1) is 32.6. The molecule has 2 bridgehead atoms. The summed E-state index contributed by atoms with van der Waals surface area (Å²) in [5, 5.41) is 50.7. The number of benzene rings is 3. The van der Waals surface area contributed by atoms with E-state index in [9.17, 15) is 49.2 Å². The van der Waals surface area contributed by atoms with E-state index in [4.69, 9.17) is 28.4 Å². The molecule has 1 aliphatic heterocycles. The normalized spacial score (nSPS) is 30.2. The molecule has 1 unspecified atom stereocenters. The van der Waals surface area contributed by atoms with Crippen LogP contribution in [0.25, 0.3) is 0 Å². The molecule has 1 amide bonds. The number of aliphatic hydroxyl groups is 3. The van der Waals surface area contributed by atoms with Crippen LogP contribution in [0.2, 0.25) is 0 Å². The number of fused-ring (bicyclic) bond motifs is 5. The number of carbonyl (C=O) groups is 7. The van der Waals surface area contributed by atoms with Gasteiger partial charge in [-0.2, -0.15) is 0 Å². The summed E-state index contributed by atoms with van der Waals surface area (Å²) >= 11 is 0. The number of Topliss-reactive ketones (excluding diaryl/α,β-unsaturated/α-hetero) is 1. The number of ketones is 1. The molecule has 18 heteroatoms. The molecule has 368 valence electrons. The van der Waals surface area contributed by atoms with Gasteiger partial charge in [0.05, 0.1) is 54.6 Å². The van der Waals surface area contributed by atoms with Crippen molar-refractivity contribution in [3.8, 4) is 0 Å². The van der Waals surface area contributed by atoms with E-state index in [-0.39, 0.29) is 35.3 Å². The number of aliphatic hydroxyl groups excluding tert-OH is 2. The fourth-order valence-electron chi connectivity index (χ4n) is 10.8. The van der Waals surface area contributed by atoms with Crippen LogP contribution in [0.3, 0.4) is 0 Å². The Morgan fingerprint density at radius 1 is 0.841 bits per heavy atom. The third-order valence-corrected chi connectivity index (χ3v) is 14.4. The molecule has 4 aliphatic rings. The number of ether oxygens (including phenoxy) is 6. The SMILES string of the molecule is CC(=O)O[C@H]1C(=O)[C@@]2(C)C([C@H](OC(=O)c3ccccc3)[C@]3(O)C[C@H](O[C@H](O)[C@H](OC(=O)CCC(=O)O)[C@@H](NC(=O)c4ccccc4)c4ccccc4)C(C)=C1C3(C)C)[C@]1(OC(C)=O)CO[C@@H]1C[C@@H]2O. The van der Waals surface area contributed by atoms with Crippen molar-refractivity contribution in [1.29, 1.82) is 0 Å². The predicted molar refractivity (Wildman–Crippen MR) is 239 cm³/mol. The topological polar surface area (TPSA) is 268 Å². The van der Waals surface area contributed by atoms with Gasteiger partial charge in [-0.3, -0.25) is 28.8 Å². The Kier molecular flexibility index (Phi) is 14.4. The Hall–Kier alpha value is -6.31. The van der Waals surface area contributed by atoms with Gasteiger partial charge in [0.1, 0.15) is 17.8 Å². The Morgan fingerprint density at radius 3 is 1.99 bits per heavy atom. The maximum atomic E-state index is 15.7. The minimum absolute atomic E-state index is 0.0362. The molecular formula is C51H57NO17. The van der Waals surface area contributed by atoms with Gasteiger partial charge in [0.25, 0.3) is 5.91 Å². The van der Waals surface area contributed by atoms with Crippen molar-refractivity contribution in [3.63, 3.8) is 0 Å². The van der Waals surface area contributed by atoms with E-state index in [0.29, 0.717) is 5.56 Å². The van der Waals surface area contributed by atoms with Gasteiger partial charge in [-0.15, -0.1) is 0 Å². The zero-order chi connectivity index (χ0) is 50.2. The Balaban J connectivity index is 1.42. The fourth-order valence-corrected chi connectivity index (χ4v) is 10.8. The number of aliphatic carboxylic acids is 1.